The first-order valence-electron chi connectivity index (χ1n) is 8.30. The molecular weight excluding hydrogens is 308 g/mol. The third-order valence-electron chi connectivity index (χ3n) is 4.15. The molecule has 1 aromatic rings. The Morgan fingerprint density at radius 2 is 2.00 bits per heavy atom. The molecule has 1 aliphatic heterocycles. The van der Waals surface area contributed by atoms with E-state index in [-0.39, 0.29) is 11.8 Å². The number of carbonyl (C=O) groups is 2. The first-order chi connectivity index (χ1) is 11.1. The fourth-order valence-corrected chi connectivity index (χ4v) is 3.49. The largest absolute Gasteiger partial charge is 0.340 e. The number of anilines is 1. The van der Waals surface area contributed by atoms with Crippen LogP contribution in [0.15, 0.2) is 24.3 Å². The maximum Gasteiger partial charge on any atom is 0.234 e. The van der Waals surface area contributed by atoms with Crippen LogP contribution in [0.3, 0.4) is 0 Å². The Hall–Kier alpha value is -1.49. The van der Waals surface area contributed by atoms with Crippen LogP contribution in [0.4, 0.5) is 5.69 Å². The average Bonchev–Trinajstić information content (AvgIpc) is 2.54. The van der Waals surface area contributed by atoms with Crippen molar-refractivity contribution < 1.29 is 9.59 Å². The van der Waals surface area contributed by atoms with Crippen LogP contribution >= 0.6 is 11.8 Å². The number of likely N-dealkylation sites (tertiary alicyclic amines) is 1. The Morgan fingerprint density at radius 3 is 2.70 bits per heavy atom. The van der Waals surface area contributed by atoms with Gasteiger partial charge < -0.3 is 10.2 Å². The van der Waals surface area contributed by atoms with Gasteiger partial charge in [0.05, 0.1) is 5.75 Å². The molecule has 0 aliphatic carbocycles. The van der Waals surface area contributed by atoms with Gasteiger partial charge in [0.25, 0.3) is 0 Å². The zero-order valence-corrected chi connectivity index (χ0v) is 14.8. The molecule has 0 aromatic heterocycles. The molecular formula is C18H26N2O2S. The van der Waals surface area contributed by atoms with E-state index < -0.39 is 0 Å². The lowest BCUT2D eigenvalue weighted by Gasteiger charge is -2.33. The summed E-state index contributed by atoms with van der Waals surface area (Å²) in [5, 5.41) is 2.87. The predicted octanol–water partition coefficient (Wildman–Crippen LogP) is 3.46. The lowest BCUT2D eigenvalue weighted by Crippen LogP contribution is -2.42. The van der Waals surface area contributed by atoms with E-state index in [1.54, 1.807) is 0 Å². The van der Waals surface area contributed by atoms with Gasteiger partial charge in [0.15, 0.2) is 0 Å². The number of hydrogen-bond donors (Lipinski definition) is 1. The zero-order valence-electron chi connectivity index (χ0n) is 14.0. The summed E-state index contributed by atoms with van der Waals surface area (Å²) in [4.78, 5) is 26.1. The summed E-state index contributed by atoms with van der Waals surface area (Å²) in [6.45, 7) is 5.03. The molecule has 1 atom stereocenters. The molecule has 2 amide bonds. The molecule has 1 aliphatic rings. The Kier molecular flexibility index (Phi) is 6.96. The quantitative estimate of drug-likeness (QED) is 0.811. The normalized spacial score (nSPS) is 17.8. The Bertz CT molecular complexity index is 530. The van der Waals surface area contributed by atoms with Gasteiger partial charge in [-0.15, -0.1) is 0 Å². The van der Waals surface area contributed by atoms with Crippen molar-refractivity contribution in [1.29, 1.82) is 0 Å². The second-order valence-electron chi connectivity index (χ2n) is 6.15. The molecule has 0 spiro atoms. The summed E-state index contributed by atoms with van der Waals surface area (Å²) in [7, 11) is 0. The highest BCUT2D eigenvalue weighted by molar-refractivity contribution is 7.99. The van der Waals surface area contributed by atoms with Crippen LogP contribution in [0, 0.1) is 6.92 Å². The highest BCUT2D eigenvalue weighted by Crippen LogP contribution is 2.18. The highest BCUT2D eigenvalue weighted by Gasteiger charge is 2.22. The average molecular weight is 334 g/mol. The number of aryl methyl sites for hydroxylation is 1. The van der Waals surface area contributed by atoms with Gasteiger partial charge in [-0.25, -0.2) is 0 Å². The molecule has 1 saturated heterocycles. The van der Waals surface area contributed by atoms with Crippen LogP contribution in [-0.2, 0) is 9.59 Å². The summed E-state index contributed by atoms with van der Waals surface area (Å²) in [6.07, 6.45) is 3.96. The monoisotopic (exact) mass is 334 g/mol. The molecule has 1 N–H and O–H groups in total. The summed E-state index contributed by atoms with van der Waals surface area (Å²) >= 11 is 1.52. The van der Waals surface area contributed by atoms with Crippen molar-refractivity contribution in [3.05, 3.63) is 29.8 Å². The molecule has 1 heterocycles. The summed E-state index contributed by atoms with van der Waals surface area (Å²) < 4.78 is 0. The number of amides is 2. The van der Waals surface area contributed by atoms with Crippen molar-refractivity contribution in [2.75, 3.05) is 23.4 Å². The SMILES string of the molecule is Cc1ccc(NC(=O)CSCCC(=O)N2CCCC[C@@H]2C)cc1. The van der Waals surface area contributed by atoms with E-state index in [9.17, 15) is 9.59 Å². The van der Waals surface area contributed by atoms with E-state index in [1.165, 1.54) is 23.7 Å². The van der Waals surface area contributed by atoms with Crippen molar-refractivity contribution in [2.24, 2.45) is 0 Å². The second-order valence-corrected chi connectivity index (χ2v) is 7.25. The Labute approximate surface area is 143 Å². The van der Waals surface area contributed by atoms with Gasteiger partial charge in [0.1, 0.15) is 0 Å². The number of piperidine rings is 1. The van der Waals surface area contributed by atoms with E-state index in [2.05, 4.69) is 12.2 Å². The van der Waals surface area contributed by atoms with Gasteiger partial charge in [-0.2, -0.15) is 11.8 Å². The second kappa shape index (κ2) is 8.96. The standard InChI is InChI=1S/C18H26N2O2S/c1-14-6-8-16(9-7-14)19-17(21)13-23-12-10-18(22)20-11-4-3-5-15(20)2/h6-9,15H,3-5,10-13H2,1-2H3,(H,19,21)/t15-/m0/s1. The fraction of sp³-hybridized carbons (Fsp3) is 0.556. The van der Waals surface area contributed by atoms with Crippen LogP contribution in [0.25, 0.3) is 0 Å². The topological polar surface area (TPSA) is 49.4 Å². The van der Waals surface area contributed by atoms with Crippen LogP contribution in [-0.4, -0.2) is 40.8 Å². The molecule has 0 saturated carbocycles. The minimum absolute atomic E-state index is 0.0161. The molecule has 1 aromatic carbocycles. The number of thioether (sulfide) groups is 1. The van der Waals surface area contributed by atoms with Crippen LogP contribution in [0.2, 0.25) is 0 Å². The number of rotatable bonds is 6. The predicted molar refractivity (Wildman–Crippen MR) is 96.8 cm³/mol. The molecule has 5 heteroatoms. The molecule has 0 bridgehead atoms. The van der Waals surface area contributed by atoms with E-state index >= 15 is 0 Å². The third-order valence-corrected chi connectivity index (χ3v) is 5.11. The molecule has 4 nitrogen and oxygen atoms in total. The van der Waals surface area contributed by atoms with Crippen molar-refractivity contribution in [1.82, 2.24) is 4.90 Å². The zero-order chi connectivity index (χ0) is 16.7. The molecule has 0 radical (unpaired) electrons. The third kappa shape index (κ3) is 5.90. The minimum atomic E-state index is -0.0161. The van der Waals surface area contributed by atoms with E-state index in [0.29, 0.717) is 24.0 Å². The smallest absolute Gasteiger partial charge is 0.234 e. The number of carbonyl (C=O) groups excluding carboxylic acids is 2. The molecule has 126 valence electrons. The van der Waals surface area contributed by atoms with Crippen molar-refractivity contribution in [3.8, 4) is 0 Å². The van der Waals surface area contributed by atoms with Crippen molar-refractivity contribution in [2.45, 2.75) is 45.6 Å². The van der Waals surface area contributed by atoms with Crippen molar-refractivity contribution in [3.63, 3.8) is 0 Å². The van der Waals surface area contributed by atoms with E-state index in [4.69, 9.17) is 0 Å². The summed E-state index contributed by atoms with van der Waals surface area (Å²) in [5.74, 6) is 1.29. The van der Waals surface area contributed by atoms with Crippen LogP contribution in [0.5, 0.6) is 0 Å². The number of nitrogens with zero attached hydrogens (tertiary/aromatic N) is 1. The Balaban J connectivity index is 1.63. The van der Waals surface area contributed by atoms with Gasteiger partial charge >= 0.3 is 0 Å². The number of hydrogen-bond acceptors (Lipinski definition) is 3. The van der Waals surface area contributed by atoms with E-state index in [1.807, 2.05) is 36.1 Å². The fourth-order valence-electron chi connectivity index (χ4n) is 2.77. The molecule has 23 heavy (non-hydrogen) atoms. The lowest BCUT2D eigenvalue weighted by atomic mass is 10.0. The lowest BCUT2D eigenvalue weighted by molar-refractivity contribution is -0.134. The van der Waals surface area contributed by atoms with E-state index in [0.717, 1.165) is 25.1 Å². The van der Waals surface area contributed by atoms with Gasteiger partial charge in [-0.05, 0) is 45.2 Å². The van der Waals surface area contributed by atoms with Gasteiger partial charge in [-0.1, -0.05) is 17.7 Å². The first-order valence-corrected chi connectivity index (χ1v) is 9.45. The van der Waals surface area contributed by atoms with Crippen molar-refractivity contribution >= 4 is 29.3 Å². The number of benzene rings is 1. The van der Waals surface area contributed by atoms with Crippen LogP contribution in [0.1, 0.15) is 38.2 Å². The molecule has 1 fully saturated rings. The maximum absolute atomic E-state index is 12.2. The summed E-state index contributed by atoms with van der Waals surface area (Å²) in [6, 6.07) is 8.12. The minimum Gasteiger partial charge on any atom is -0.340 e. The van der Waals surface area contributed by atoms with Gasteiger partial charge in [0, 0.05) is 30.4 Å². The maximum atomic E-state index is 12.2. The van der Waals surface area contributed by atoms with Gasteiger partial charge in [0.2, 0.25) is 11.8 Å². The molecule has 0 unspecified atom stereocenters. The number of nitrogens with one attached hydrogen (secondary N) is 1. The molecule has 2 rings (SSSR count). The first kappa shape index (κ1) is 17.9. The van der Waals surface area contributed by atoms with Crippen LogP contribution < -0.4 is 5.32 Å². The van der Waals surface area contributed by atoms with Gasteiger partial charge in [-0.3, -0.25) is 9.59 Å². The highest BCUT2D eigenvalue weighted by atomic mass is 32.2. The summed E-state index contributed by atoms with van der Waals surface area (Å²) in [5.41, 5.74) is 1.99. The Morgan fingerprint density at radius 1 is 1.26 bits per heavy atom.